The minimum Gasteiger partial charge on any atom is -0.267 e. The Labute approximate surface area is 162 Å². The Bertz CT molecular complexity index is 985. The quantitative estimate of drug-likeness (QED) is 0.516. The first kappa shape index (κ1) is 18.7. The van der Waals surface area contributed by atoms with E-state index in [0.717, 1.165) is 5.56 Å². The largest absolute Gasteiger partial charge is 0.271 e. The van der Waals surface area contributed by atoms with Crippen LogP contribution in [0.25, 0.3) is 0 Å². The number of hydrogen-bond donors (Lipinski definition) is 2. The van der Waals surface area contributed by atoms with Crippen LogP contribution < -0.4 is 10.9 Å². The SMILES string of the molecule is O=C(N/N=C/C(=N/NC(=O)c1ccccc1)c1ccccc1)c1ccccc1. The van der Waals surface area contributed by atoms with E-state index in [9.17, 15) is 9.59 Å². The number of rotatable bonds is 6. The standard InChI is InChI=1S/C22H18N4O2/c27-21(18-12-6-2-7-13-18)25-23-16-20(17-10-4-1-5-11-17)24-26-22(28)19-14-8-3-9-15-19/h1-16H,(H,25,27)(H,26,28)/b23-16+,24-20-. The van der Waals surface area contributed by atoms with Crippen LogP contribution in [-0.4, -0.2) is 23.7 Å². The summed E-state index contributed by atoms with van der Waals surface area (Å²) in [6, 6.07) is 26.8. The van der Waals surface area contributed by atoms with Gasteiger partial charge in [-0.15, -0.1) is 0 Å². The summed E-state index contributed by atoms with van der Waals surface area (Å²) in [5.41, 5.74) is 7.10. The van der Waals surface area contributed by atoms with Crippen LogP contribution in [0.3, 0.4) is 0 Å². The van der Waals surface area contributed by atoms with Gasteiger partial charge < -0.3 is 0 Å². The molecule has 3 aromatic rings. The Balaban J connectivity index is 1.74. The van der Waals surface area contributed by atoms with Crippen LogP contribution >= 0.6 is 0 Å². The van der Waals surface area contributed by atoms with Gasteiger partial charge in [-0.2, -0.15) is 10.2 Å². The molecule has 0 fully saturated rings. The smallest absolute Gasteiger partial charge is 0.267 e. The maximum Gasteiger partial charge on any atom is 0.271 e. The van der Waals surface area contributed by atoms with Crippen LogP contribution in [0.5, 0.6) is 0 Å². The monoisotopic (exact) mass is 370 g/mol. The molecule has 0 saturated heterocycles. The average molecular weight is 370 g/mol. The van der Waals surface area contributed by atoms with Crippen LogP contribution in [0.1, 0.15) is 26.3 Å². The van der Waals surface area contributed by atoms with E-state index in [4.69, 9.17) is 0 Å². The van der Waals surface area contributed by atoms with Gasteiger partial charge in [0.1, 0.15) is 5.71 Å². The highest BCUT2D eigenvalue weighted by molar-refractivity contribution is 6.38. The molecular weight excluding hydrogens is 352 g/mol. The van der Waals surface area contributed by atoms with E-state index in [2.05, 4.69) is 21.1 Å². The zero-order valence-electron chi connectivity index (χ0n) is 14.9. The van der Waals surface area contributed by atoms with E-state index in [0.29, 0.717) is 16.8 Å². The van der Waals surface area contributed by atoms with E-state index < -0.39 is 0 Å². The Morgan fingerprint density at radius 2 is 1.04 bits per heavy atom. The molecule has 138 valence electrons. The molecule has 0 aromatic heterocycles. The number of nitrogens with one attached hydrogen (secondary N) is 2. The fraction of sp³-hybridized carbons (Fsp3) is 0. The fourth-order valence-electron chi connectivity index (χ4n) is 2.35. The van der Waals surface area contributed by atoms with Gasteiger partial charge in [-0.05, 0) is 24.3 Å². The molecule has 0 spiro atoms. The van der Waals surface area contributed by atoms with Gasteiger partial charge in [-0.25, -0.2) is 10.9 Å². The Morgan fingerprint density at radius 1 is 0.607 bits per heavy atom. The highest BCUT2D eigenvalue weighted by atomic mass is 16.2. The lowest BCUT2D eigenvalue weighted by Crippen LogP contribution is -2.22. The molecule has 6 heteroatoms. The lowest BCUT2D eigenvalue weighted by molar-refractivity contribution is 0.0946. The molecule has 0 aliphatic rings. The van der Waals surface area contributed by atoms with E-state index in [-0.39, 0.29) is 11.8 Å². The molecule has 0 unspecified atom stereocenters. The van der Waals surface area contributed by atoms with Crippen molar-refractivity contribution in [1.29, 1.82) is 0 Å². The third-order valence-electron chi connectivity index (χ3n) is 3.77. The molecule has 3 rings (SSSR count). The van der Waals surface area contributed by atoms with Gasteiger partial charge in [-0.3, -0.25) is 9.59 Å². The summed E-state index contributed by atoms with van der Waals surface area (Å²) in [5, 5.41) is 8.12. The van der Waals surface area contributed by atoms with Gasteiger partial charge in [0.15, 0.2) is 0 Å². The van der Waals surface area contributed by atoms with Crippen molar-refractivity contribution in [1.82, 2.24) is 10.9 Å². The van der Waals surface area contributed by atoms with Crippen LogP contribution in [-0.2, 0) is 0 Å². The average Bonchev–Trinajstić information content (AvgIpc) is 2.77. The number of benzene rings is 3. The topological polar surface area (TPSA) is 82.9 Å². The van der Waals surface area contributed by atoms with Crippen LogP contribution in [0.2, 0.25) is 0 Å². The summed E-state index contributed by atoms with van der Waals surface area (Å²) < 4.78 is 0. The normalized spacial score (nSPS) is 11.2. The van der Waals surface area contributed by atoms with Crippen molar-refractivity contribution in [3.05, 3.63) is 108 Å². The van der Waals surface area contributed by atoms with Crippen molar-refractivity contribution in [3.8, 4) is 0 Å². The number of hydrogen-bond acceptors (Lipinski definition) is 4. The maximum absolute atomic E-state index is 12.2. The Morgan fingerprint density at radius 3 is 1.54 bits per heavy atom. The van der Waals surface area contributed by atoms with E-state index in [1.807, 2.05) is 42.5 Å². The maximum atomic E-state index is 12.2. The number of amides is 2. The molecule has 2 amide bonds. The summed E-state index contributed by atoms with van der Waals surface area (Å²) in [6.07, 6.45) is 1.39. The second-order valence-corrected chi connectivity index (χ2v) is 5.74. The minimum absolute atomic E-state index is 0.336. The number of carbonyl (C=O) groups is 2. The van der Waals surface area contributed by atoms with Gasteiger partial charge in [0.2, 0.25) is 0 Å². The van der Waals surface area contributed by atoms with E-state index in [1.54, 1.807) is 48.5 Å². The van der Waals surface area contributed by atoms with E-state index in [1.165, 1.54) is 6.21 Å². The molecule has 28 heavy (non-hydrogen) atoms. The Kier molecular flexibility index (Phi) is 6.41. The molecule has 6 nitrogen and oxygen atoms in total. The van der Waals surface area contributed by atoms with Crippen molar-refractivity contribution in [2.24, 2.45) is 10.2 Å². The predicted molar refractivity (Wildman–Crippen MR) is 109 cm³/mol. The second kappa shape index (κ2) is 9.59. The number of nitrogens with zero attached hydrogens (tertiary/aromatic N) is 2. The molecule has 0 heterocycles. The number of carbonyl (C=O) groups excluding carboxylic acids is 2. The molecule has 3 aromatic carbocycles. The minimum atomic E-state index is -0.337. The van der Waals surface area contributed by atoms with Gasteiger partial charge in [0, 0.05) is 16.7 Å². The van der Waals surface area contributed by atoms with Gasteiger partial charge in [0.05, 0.1) is 6.21 Å². The first-order chi connectivity index (χ1) is 13.7. The highest BCUT2D eigenvalue weighted by Crippen LogP contribution is 2.02. The fourth-order valence-corrected chi connectivity index (χ4v) is 2.35. The molecule has 0 bridgehead atoms. The number of hydrazone groups is 2. The summed E-state index contributed by atoms with van der Waals surface area (Å²) in [6.45, 7) is 0. The molecular formula is C22H18N4O2. The van der Waals surface area contributed by atoms with Gasteiger partial charge in [0.25, 0.3) is 11.8 Å². The van der Waals surface area contributed by atoms with E-state index >= 15 is 0 Å². The lowest BCUT2D eigenvalue weighted by Gasteiger charge is -2.04. The molecule has 0 atom stereocenters. The van der Waals surface area contributed by atoms with Crippen molar-refractivity contribution >= 4 is 23.7 Å². The van der Waals surface area contributed by atoms with Crippen molar-refractivity contribution < 1.29 is 9.59 Å². The molecule has 0 aliphatic carbocycles. The zero-order chi connectivity index (χ0) is 19.6. The second-order valence-electron chi connectivity index (χ2n) is 5.74. The molecule has 0 radical (unpaired) electrons. The molecule has 0 aliphatic heterocycles. The Hall–Kier alpha value is -4.06. The van der Waals surface area contributed by atoms with Crippen LogP contribution in [0.15, 0.2) is 101 Å². The third kappa shape index (κ3) is 5.22. The van der Waals surface area contributed by atoms with Crippen LogP contribution in [0, 0.1) is 0 Å². The summed E-state index contributed by atoms with van der Waals surface area (Å²) in [5.74, 6) is -0.673. The first-order valence-corrected chi connectivity index (χ1v) is 8.61. The zero-order valence-corrected chi connectivity index (χ0v) is 14.9. The van der Waals surface area contributed by atoms with Crippen molar-refractivity contribution in [3.63, 3.8) is 0 Å². The molecule has 2 N–H and O–H groups in total. The molecule has 0 saturated carbocycles. The van der Waals surface area contributed by atoms with Gasteiger partial charge in [-0.1, -0.05) is 66.7 Å². The summed E-state index contributed by atoms with van der Waals surface area (Å²) in [7, 11) is 0. The summed E-state index contributed by atoms with van der Waals surface area (Å²) >= 11 is 0. The van der Waals surface area contributed by atoms with Crippen LogP contribution in [0.4, 0.5) is 0 Å². The van der Waals surface area contributed by atoms with Gasteiger partial charge >= 0.3 is 0 Å². The van der Waals surface area contributed by atoms with Crippen molar-refractivity contribution in [2.45, 2.75) is 0 Å². The third-order valence-corrected chi connectivity index (χ3v) is 3.77. The predicted octanol–water partition coefficient (Wildman–Crippen LogP) is 3.24. The van der Waals surface area contributed by atoms with Crippen molar-refractivity contribution in [2.75, 3.05) is 0 Å². The first-order valence-electron chi connectivity index (χ1n) is 8.61. The lowest BCUT2D eigenvalue weighted by atomic mass is 10.1. The highest BCUT2D eigenvalue weighted by Gasteiger charge is 2.06. The summed E-state index contributed by atoms with van der Waals surface area (Å²) in [4.78, 5) is 24.3.